The van der Waals surface area contributed by atoms with Gasteiger partial charge in [0.25, 0.3) is 0 Å². The van der Waals surface area contributed by atoms with Crippen LogP contribution in [0.5, 0.6) is 0 Å². The summed E-state index contributed by atoms with van der Waals surface area (Å²) in [7, 11) is 3.65. The highest BCUT2D eigenvalue weighted by Gasteiger charge is 2.21. The molecule has 0 bridgehead atoms. The van der Waals surface area contributed by atoms with Crippen LogP contribution in [-0.2, 0) is 0 Å². The van der Waals surface area contributed by atoms with Gasteiger partial charge in [-0.1, -0.05) is 21.6 Å². The van der Waals surface area contributed by atoms with Gasteiger partial charge >= 0.3 is 0 Å². The third kappa shape index (κ3) is 4.07. The average Bonchev–Trinajstić information content (AvgIpc) is 3.41. The van der Waals surface area contributed by atoms with Crippen LogP contribution in [0.15, 0.2) is 22.4 Å². The summed E-state index contributed by atoms with van der Waals surface area (Å²) in [5.41, 5.74) is 12.4. The molecule has 0 amide bonds. The topological polar surface area (TPSA) is 61.4 Å². The quantitative estimate of drug-likeness (QED) is 0.288. The van der Waals surface area contributed by atoms with E-state index in [-0.39, 0.29) is 0 Å². The molecule has 0 spiro atoms. The first-order valence-electron chi connectivity index (χ1n) is 11.3. The van der Waals surface area contributed by atoms with E-state index in [4.69, 9.17) is 0 Å². The second kappa shape index (κ2) is 9.23. The molecule has 2 aromatic heterocycles. The molecular weight excluding hydrogens is 460 g/mol. The predicted molar refractivity (Wildman–Crippen MR) is 142 cm³/mol. The van der Waals surface area contributed by atoms with Gasteiger partial charge in [-0.3, -0.25) is 0 Å². The van der Waals surface area contributed by atoms with Crippen molar-refractivity contribution in [1.82, 2.24) is 29.5 Å². The number of nitrogens with zero attached hydrogens (tertiary/aromatic N) is 6. The van der Waals surface area contributed by atoms with E-state index >= 15 is 0 Å². The van der Waals surface area contributed by atoms with Crippen LogP contribution in [0, 0.1) is 69.2 Å². The molecule has 0 atom stereocenters. The number of hydrogen-bond acceptors (Lipinski definition) is 6. The first-order chi connectivity index (χ1) is 16.0. The van der Waals surface area contributed by atoms with Gasteiger partial charge in [-0.2, -0.15) is 10.2 Å². The second-order valence-corrected chi connectivity index (χ2v) is 11.1. The third-order valence-corrected chi connectivity index (χ3v) is 9.80. The smallest absolute Gasteiger partial charge is 0.147 e. The van der Waals surface area contributed by atoms with Crippen LogP contribution in [0.25, 0.3) is 11.4 Å². The minimum atomic E-state index is 0.776. The minimum Gasteiger partial charge on any atom is -0.220 e. The van der Waals surface area contributed by atoms with Crippen molar-refractivity contribution in [1.29, 1.82) is 0 Å². The molecule has 2 heterocycles. The standard InChI is InChI=1S/C26H32N6S2/c1-13-15(3)23(31-11-27-21(9)29-31)19(7)25(17(13)5)33-34-26-18(6)14(2)16(4)24(20(26)8)32-12-28-22(10)30-32/h11-12H,1-10H3. The molecule has 4 rings (SSSR count). The van der Waals surface area contributed by atoms with E-state index in [0.29, 0.717) is 0 Å². The lowest BCUT2D eigenvalue weighted by Gasteiger charge is -2.22. The van der Waals surface area contributed by atoms with E-state index < -0.39 is 0 Å². The molecule has 0 aliphatic rings. The number of aryl methyl sites for hydroxylation is 2. The van der Waals surface area contributed by atoms with Crippen LogP contribution in [0.2, 0.25) is 0 Å². The van der Waals surface area contributed by atoms with Crippen LogP contribution in [0.3, 0.4) is 0 Å². The van der Waals surface area contributed by atoms with Crippen molar-refractivity contribution >= 4 is 21.6 Å². The first kappa shape index (κ1) is 24.5. The number of rotatable bonds is 5. The Labute approximate surface area is 210 Å². The Morgan fingerprint density at radius 1 is 0.471 bits per heavy atom. The molecule has 0 aliphatic carbocycles. The predicted octanol–water partition coefficient (Wildman–Crippen LogP) is 6.73. The molecule has 0 saturated carbocycles. The summed E-state index contributed by atoms with van der Waals surface area (Å²) in [6, 6.07) is 0. The maximum absolute atomic E-state index is 4.60. The zero-order valence-electron chi connectivity index (χ0n) is 21.7. The summed E-state index contributed by atoms with van der Waals surface area (Å²) < 4.78 is 3.83. The van der Waals surface area contributed by atoms with Gasteiger partial charge in [0.05, 0.1) is 11.4 Å². The van der Waals surface area contributed by atoms with E-state index in [1.54, 1.807) is 0 Å². The van der Waals surface area contributed by atoms with Gasteiger partial charge in [0.15, 0.2) is 0 Å². The summed E-state index contributed by atoms with van der Waals surface area (Å²) >= 11 is 0. The molecule has 6 nitrogen and oxygen atoms in total. The Balaban J connectivity index is 1.80. The molecule has 34 heavy (non-hydrogen) atoms. The molecular formula is C26H32N6S2. The Hall–Kier alpha value is -2.58. The molecule has 0 aliphatic heterocycles. The van der Waals surface area contributed by atoms with Gasteiger partial charge in [0.1, 0.15) is 24.3 Å². The van der Waals surface area contributed by atoms with E-state index in [2.05, 4.69) is 75.6 Å². The molecule has 4 aromatic rings. The van der Waals surface area contributed by atoms with Crippen LogP contribution in [0.4, 0.5) is 0 Å². The van der Waals surface area contributed by atoms with E-state index in [1.807, 2.05) is 57.5 Å². The Morgan fingerprint density at radius 2 is 0.824 bits per heavy atom. The van der Waals surface area contributed by atoms with Crippen molar-refractivity contribution in [2.24, 2.45) is 0 Å². The van der Waals surface area contributed by atoms with Crippen LogP contribution in [-0.4, -0.2) is 29.5 Å². The molecule has 0 N–H and O–H groups in total. The number of hydrogen-bond donors (Lipinski definition) is 0. The minimum absolute atomic E-state index is 0.776. The third-order valence-electron chi connectivity index (χ3n) is 6.91. The molecule has 0 fully saturated rings. The summed E-state index contributed by atoms with van der Waals surface area (Å²) in [5.74, 6) is 1.55. The highest BCUT2D eigenvalue weighted by atomic mass is 33.1. The van der Waals surface area contributed by atoms with Gasteiger partial charge in [0, 0.05) is 9.79 Å². The van der Waals surface area contributed by atoms with Crippen LogP contribution >= 0.6 is 21.6 Å². The van der Waals surface area contributed by atoms with Crippen LogP contribution < -0.4 is 0 Å². The highest BCUT2D eigenvalue weighted by Crippen LogP contribution is 2.47. The van der Waals surface area contributed by atoms with Gasteiger partial charge in [-0.25, -0.2) is 19.3 Å². The Kier molecular flexibility index (Phi) is 6.66. The lowest BCUT2D eigenvalue weighted by Crippen LogP contribution is -2.07. The van der Waals surface area contributed by atoms with E-state index in [0.717, 1.165) is 23.0 Å². The Morgan fingerprint density at radius 3 is 1.12 bits per heavy atom. The summed E-state index contributed by atoms with van der Waals surface area (Å²) in [6.07, 6.45) is 3.62. The monoisotopic (exact) mass is 492 g/mol. The van der Waals surface area contributed by atoms with Crippen molar-refractivity contribution < 1.29 is 0 Å². The summed E-state index contributed by atoms with van der Waals surface area (Å²) in [6.45, 7) is 21.4. The average molecular weight is 493 g/mol. The molecule has 0 unspecified atom stereocenters. The van der Waals surface area contributed by atoms with Gasteiger partial charge in [0.2, 0.25) is 0 Å². The number of aromatic nitrogens is 6. The fraction of sp³-hybridized carbons (Fsp3) is 0.385. The Bertz CT molecular complexity index is 1310. The second-order valence-electron chi connectivity index (χ2n) is 8.99. The first-order valence-corrected chi connectivity index (χ1v) is 13.5. The van der Waals surface area contributed by atoms with Crippen molar-refractivity contribution in [3.63, 3.8) is 0 Å². The maximum atomic E-state index is 4.60. The van der Waals surface area contributed by atoms with Crippen molar-refractivity contribution in [3.05, 3.63) is 68.8 Å². The SMILES string of the molecule is Cc1ncn(-c2c(C)c(C)c(C)c(SSc3c(C)c(C)c(C)c(-n4cnc(C)n4)c3C)c2C)n1. The largest absolute Gasteiger partial charge is 0.220 e. The van der Waals surface area contributed by atoms with Gasteiger partial charge < -0.3 is 0 Å². The zero-order valence-corrected chi connectivity index (χ0v) is 23.3. The zero-order chi connectivity index (χ0) is 24.9. The normalized spacial score (nSPS) is 11.5. The highest BCUT2D eigenvalue weighted by molar-refractivity contribution is 8.76. The summed E-state index contributed by atoms with van der Waals surface area (Å²) in [4.78, 5) is 11.3. The van der Waals surface area contributed by atoms with E-state index in [9.17, 15) is 0 Å². The lowest BCUT2D eigenvalue weighted by atomic mass is 9.98. The molecule has 0 saturated heterocycles. The van der Waals surface area contributed by atoms with Gasteiger partial charge in [-0.05, 0) is 114 Å². The maximum Gasteiger partial charge on any atom is 0.147 e. The van der Waals surface area contributed by atoms with Crippen LogP contribution in [0.1, 0.15) is 56.2 Å². The van der Waals surface area contributed by atoms with Crippen molar-refractivity contribution in [2.75, 3.05) is 0 Å². The van der Waals surface area contributed by atoms with Gasteiger partial charge in [-0.15, -0.1) is 0 Å². The fourth-order valence-electron chi connectivity index (χ4n) is 4.53. The summed E-state index contributed by atoms with van der Waals surface area (Å²) in [5, 5.41) is 9.21. The molecule has 178 valence electrons. The molecule has 8 heteroatoms. The van der Waals surface area contributed by atoms with Crippen molar-refractivity contribution in [2.45, 2.75) is 79.0 Å². The molecule has 0 radical (unpaired) electrons. The van der Waals surface area contributed by atoms with E-state index in [1.165, 1.54) is 54.3 Å². The number of benzene rings is 2. The fourth-order valence-corrected chi connectivity index (χ4v) is 7.69. The van der Waals surface area contributed by atoms with Crippen molar-refractivity contribution in [3.8, 4) is 11.4 Å². The molecule has 2 aromatic carbocycles. The lowest BCUT2D eigenvalue weighted by molar-refractivity contribution is 0.838.